The van der Waals surface area contributed by atoms with Gasteiger partial charge >= 0.3 is 5.97 Å². The molecule has 2 heterocycles. The highest BCUT2D eigenvalue weighted by Gasteiger charge is 2.52. The Hall–Kier alpha value is -2.25. The van der Waals surface area contributed by atoms with Crippen LogP contribution in [0.1, 0.15) is 15.9 Å². The fourth-order valence-electron chi connectivity index (χ4n) is 3.20. The van der Waals surface area contributed by atoms with Crippen molar-refractivity contribution in [1.82, 2.24) is 0 Å². The molecule has 1 N–H and O–H groups in total. The average molecular weight is 356 g/mol. The Bertz CT molecular complexity index is 734. The third kappa shape index (κ3) is 3.50. The minimum absolute atomic E-state index is 0.246. The lowest BCUT2D eigenvalue weighted by Crippen LogP contribution is -2.56. The lowest BCUT2D eigenvalue weighted by molar-refractivity contribution is -0.242. The molecule has 0 aromatic heterocycles. The van der Waals surface area contributed by atoms with Gasteiger partial charge in [-0.3, -0.25) is 0 Å². The first-order valence-corrected chi connectivity index (χ1v) is 8.59. The highest BCUT2D eigenvalue weighted by Crippen LogP contribution is 2.32. The summed E-state index contributed by atoms with van der Waals surface area (Å²) in [5.74, 6) is -0.506. The summed E-state index contributed by atoms with van der Waals surface area (Å²) in [6.45, 7) is 0.539. The maximum atomic E-state index is 12.4. The molecule has 4 rings (SSSR count). The van der Waals surface area contributed by atoms with E-state index in [2.05, 4.69) is 0 Å². The molecule has 0 amide bonds. The van der Waals surface area contributed by atoms with Crippen LogP contribution < -0.4 is 0 Å². The topological polar surface area (TPSA) is 74.2 Å². The van der Waals surface area contributed by atoms with Crippen molar-refractivity contribution < 1.29 is 28.8 Å². The summed E-state index contributed by atoms with van der Waals surface area (Å²) in [5, 5.41) is 10.6. The third-order valence-electron chi connectivity index (χ3n) is 4.58. The Morgan fingerprint density at radius 3 is 2.46 bits per heavy atom. The van der Waals surface area contributed by atoms with E-state index in [9.17, 15) is 9.90 Å². The quantitative estimate of drug-likeness (QED) is 0.825. The van der Waals surface area contributed by atoms with E-state index in [0.717, 1.165) is 5.56 Å². The molecular weight excluding hydrogens is 336 g/mol. The van der Waals surface area contributed by atoms with Crippen molar-refractivity contribution in [2.24, 2.45) is 0 Å². The number of hydrogen-bond donors (Lipinski definition) is 1. The number of esters is 1. The van der Waals surface area contributed by atoms with Crippen molar-refractivity contribution in [3.8, 4) is 0 Å². The van der Waals surface area contributed by atoms with Gasteiger partial charge < -0.3 is 24.1 Å². The number of aliphatic hydroxyl groups is 1. The lowest BCUT2D eigenvalue weighted by Gasteiger charge is -2.37. The average Bonchev–Trinajstić information content (AvgIpc) is 3.14. The summed E-state index contributed by atoms with van der Waals surface area (Å²) in [6.07, 6.45) is -3.73. The Kier molecular flexibility index (Phi) is 4.99. The van der Waals surface area contributed by atoms with Crippen molar-refractivity contribution in [2.75, 3.05) is 6.61 Å². The molecule has 5 unspecified atom stereocenters. The normalized spacial score (nSPS) is 30.1. The summed E-state index contributed by atoms with van der Waals surface area (Å²) < 4.78 is 22.7. The summed E-state index contributed by atoms with van der Waals surface area (Å²) >= 11 is 0. The predicted octanol–water partition coefficient (Wildman–Crippen LogP) is 1.91. The van der Waals surface area contributed by atoms with Crippen LogP contribution in [0.3, 0.4) is 0 Å². The molecule has 2 saturated heterocycles. The van der Waals surface area contributed by atoms with Gasteiger partial charge in [-0.1, -0.05) is 48.5 Å². The Labute approximate surface area is 151 Å². The van der Waals surface area contributed by atoms with Gasteiger partial charge in [-0.25, -0.2) is 4.79 Å². The van der Waals surface area contributed by atoms with Gasteiger partial charge in [-0.2, -0.15) is 0 Å². The highest BCUT2D eigenvalue weighted by molar-refractivity contribution is 5.89. The van der Waals surface area contributed by atoms with Crippen molar-refractivity contribution in [3.63, 3.8) is 0 Å². The Morgan fingerprint density at radius 2 is 1.73 bits per heavy atom. The zero-order valence-corrected chi connectivity index (χ0v) is 14.1. The van der Waals surface area contributed by atoms with E-state index in [-0.39, 0.29) is 6.61 Å². The monoisotopic (exact) mass is 356 g/mol. The molecule has 2 aliphatic heterocycles. The van der Waals surface area contributed by atoms with Crippen molar-refractivity contribution in [3.05, 3.63) is 71.8 Å². The molecule has 2 aromatic carbocycles. The summed E-state index contributed by atoms with van der Waals surface area (Å²) in [4.78, 5) is 12.4. The van der Waals surface area contributed by atoms with E-state index in [1.165, 1.54) is 0 Å². The van der Waals surface area contributed by atoms with Crippen LogP contribution in [-0.2, 0) is 25.6 Å². The van der Waals surface area contributed by atoms with Crippen LogP contribution in [0.5, 0.6) is 0 Å². The number of rotatable bonds is 5. The number of aliphatic hydroxyl groups excluding tert-OH is 1. The Balaban J connectivity index is 1.50. The second-order valence-electron chi connectivity index (χ2n) is 6.36. The van der Waals surface area contributed by atoms with Gasteiger partial charge in [0.2, 0.25) is 0 Å². The molecule has 0 spiro atoms. The molecule has 6 heteroatoms. The van der Waals surface area contributed by atoms with E-state index in [1.807, 2.05) is 36.4 Å². The molecule has 136 valence electrons. The summed E-state index contributed by atoms with van der Waals surface area (Å²) in [5.41, 5.74) is 1.39. The van der Waals surface area contributed by atoms with Crippen LogP contribution in [0, 0.1) is 0 Å². The second kappa shape index (κ2) is 7.55. The smallest absolute Gasteiger partial charge is 0.338 e. The van der Waals surface area contributed by atoms with Gasteiger partial charge in [0, 0.05) is 0 Å². The van der Waals surface area contributed by atoms with Crippen molar-refractivity contribution in [1.29, 1.82) is 0 Å². The first-order chi connectivity index (χ1) is 12.7. The van der Waals surface area contributed by atoms with Crippen LogP contribution in [0.4, 0.5) is 0 Å². The van der Waals surface area contributed by atoms with Gasteiger partial charge in [0.25, 0.3) is 0 Å². The zero-order valence-electron chi connectivity index (χ0n) is 14.1. The fourth-order valence-corrected chi connectivity index (χ4v) is 3.20. The molecule has 2 aliphatic rings. The maximum absolute atomic E-state index is 12.4. The van der Waals surface area contributed by atoms with E-state index >= 15 is 0 Å². The van der Waals surface area contributed by atoms with Crippen molar-refractivity contribution in [2.45, 2.75) is 37.3 Å². The SMILES string of the molecule is O=C(OC1C2OCC(O2)C(O)C1OCc1ccccc1)c1ccccc1. The number of hydrogen-bond acceptors (Lipinski definition) is 6. The van der Waals surface area contributed by atoms with Gasteiger partial charge in [-0.05, 0) is 17.7 Å². The molecule has 2 aromatic rings. The number of benzene rings is 2. The molecule has 26 heavy (non-hydrogen) atoms. The number of carbonyl (C=O) groups is 1. The van der Waals surface area contributed by atoms with Crippen LogP contribution in [-0.4, -0.2) is 48.4 Å². The highest BCUT2D eigenvalue weighted by atomic mass is 16.8. The van der Waals surface area contributed by atoms with E-state index < -0.39 is 36.7 Å². The molecule has 0 radical (unpaired) electrons. The first-order valence-electron chi connectivity index (χ1n) is 8.59. The van der Waals surface area contributed by atoms with Crippen LogP contribution in [0.2, 0.25) is 0 Å². The first kappa shape index (κ1) is 17.2. The largest absolute Gasteiger partial charge is 0.450 e. The lowest BCUT2D eigenvalue weighted by atomic mass is 10.0. The third-order valence-corrected chi connectivity index (χ3v) is 4.58. The molecule has 0 saturated carbocycles. The van der Waals surface area contributed by atoms with E-state index in [0.29, 0.717) is 12.2 Å². The number of carbonyl (C=O) groups excluding carboxylic acids is 1. The minimum atomic E-state index is -0.939. The summed E-state index contributed by atoms with van der Waals surface area (Å²) in [6, 6.07) is 18.3. The van der Waals surface area contributed by atoms with Gasteiger partial charge in [0.15, 0.2) is 12.4 Å². The molecule has 6 nitrogen and oxygen atoms in total. The van der Waals surface area contributed by atoms with E-state index in [1.54, 1.807) is 24.3 Å². The Morgan fingerprint density at radius 1 is 1.04 bits per heavy atom. The number of fused-ring (bicyclic) bond motifs is 2. The van der Waals surface area contributed by atoms with Gasteiger partial charge in [0.05, 0.1) is 18.8 Å². The molecule has 2 fully saturated rings. The van der Waals surface area contributed by atoms with Crippen LogP contribution in [0.15, 0.2) is 60.7 Å². The van der Waals surface area contributed by atoms with Crippen LogP contribution in [0.25, 0.3) is 0 Å². The van der Waals surface area contributed by atoms with Crippen LogP contribution >= 0.6 is 0 Å². The van der Waals surface area contributed by atoms with Gasteiger partial charge in [0.1, 0.15) is 18.3 Å². The molecule has 0 aliphatic carbocycles. The van der Waals surface area contributed by atoms with Crippen molar-refractivity contribution >= 4 is 5.97 Å². The zero-order chi connectivity index (χ0) is 17.9. The summed E-state index contributed by atoms with van der Waals surface area (Å²) in [7, 11) is 0. The predicted molar refractivity (Wildman–Crippen MR) is 91.3 cm³/mol. The standard InChI is InChI=1S/C20H20O6/c21-16-15-12-24-20(25-15)18(26-19(22)14-9-5-2-6-10-14)17(16)23-11-13-7-3-1-4-8-13/h1-10,15-18,20-21H,11-12H2. The van der Waals surface area contributed by atoms with Gasteiger partial charge in [-0.15, -0.1) is 0 Å². The molecular formula is C20H20O6. The van der Waals surface area contributed by atoms with E-state index in [4.69, 9.17) is 18.9 Å². The molecule has 2 bridgehead atoms. The fraction of sp³-hybridized carbons (Fsp3) is 0.350. The molecule has 5 atom stereocenters. The maximum Gasteiger partial charge on any atom is 0.338 e. The number of ether oxygens (including phenoxy) is 4. The second-order valence-corrected chi connectivity index (χ2v) is 6.36. The minimum Gasteiger partial charge on any atom is -0.450 e.